The third-order valence-corrected chi connectivity index (χ3v) is 5.64. The first-order chi connectivity index (χ1) is 15.7. The Labute approximate surface area is 182 Å². The van der Waals surface area contributed by atoms with Gasteiger partial charge in [0, 0.05) is 35.1 Å². The second kappa shape index (κ2) is 7.09. The Balaban J connectivity index is 1.52. The topological polar surface area (TPSA) is 83.1 Å². The molecule has 154 valence electrons. The molecule has 2 N–H and O–H groups in total. The molecule has 0 aliphatic carbocycles. The minimum Gasteiger partial charge on any atom is -0.336 e. The molecule has 0 radical (unpaired) electrons. The van der Waals surface area contributed by atoms with Crippen molar-refractivity contribution in [1.82, 2.24) is 30.1 Å². The van der Waals surface area contributed by atoms with Crippen molar-refractivity contribution in [2.24, 2.45) is 0 Å². The Morgan fingerprint density at radius 1 is 0.875 bits per heavy atom. The number of H-pyrrole nitrogens is 2. The van der Waals surface area contributed by atoms with Crippen molar-refractivity contribution < 1.29 is 4.39 Å². The molecule has 32 heavy (non-hydrogen) atoms. The van der Waals surface area contributed by atoms with Crippen LogP contribution in [0.4, 0.5) is 4.39 Å². The number of aromatic amines is 2. The predicted octanol–water partition coefficient (Wildman–Crippen LogP) is 5.68. The number of aryl methyl sites for hydroxylation is 1. The number of rotatable bonds is 3. The summed E-state index contributed by atoms with van der Waals surface area (Å²) in [5, 5.41) is 8.56. The summed E-state index contributed by atoms with van der Waals surface area (Å²) >= 11 is 0. The monoisotopic (exact) mass is 420 g/mol. The van der Waals surface area contributed by atoms with Gasteiger partial charge in [-0.25, -0.2) is 9.37 Å². The fraction of sp³-hybridized carbons (Fsp3) is 0.0400. The second-order valence-corrected chi connectivity index (χ2v) is 7.67. The van der Waals surface area contributed by atoms with Crippen molar-refractivity contribution in [3.05, 3.63) is 84.6 Å². The van der Waals surface area contributed by atoms with Gasteiger partial charge < -0.3 is 4.98 Å². The average Bonchev–Trinajstić information content (AvgIpc) is 3.42. The van der Waals surface area contributed by atoms with Crippen molar-refractivity contribution in [2.45, 2.75) is 6.92 Å². The van der Waals surface area contributed by atoms with Gasteiger partial charge in [-0.3, -0.25) is 15.1 Å². The molecule has 4 aromatic heterocycles. The first-order valence-electron chi connectivity index (χ1n) is 10.2. The first kappa shape index (κ1) is 18.4. The van der Waals surface area contributed by atoms with Gasteiger partial charge >= 0.3 is 0 Å². The van der Waals surface area contributed by atoms with Gasteiger partial charge in [0.2, 0.25) is 0 Å². The molecule has 0 aliphatic rings. The highest BCUT2D eigenvalue weighted by Gasteiger charge is 2.17. The third-order valence-electron chi connectivity index (χ3n) is 5.64. The summed E-state index contributed by atoms with van der Waals surface area (Å²) in [4.78, 5) is 16.9. The highest BCUT2D eigenvalue weighted by atomic mass is 19.1. The van der Waals surface area contributed by atoms with Crippen LogP contribution in [0, 0.1) is 12.7 Å². The van der Waals surface area contributed by atoms with Crippen LogP contribution < -0.4 is 0 Å². The van der Waals surface area contributed by atoms with Crippen LogP contribution in [0.25, 0.3) is 55.8 Å². The number of aromatic nitrogens is 6. The number of nitrogens with one attached hydrogen (secondary N) is 2. The smallest absolute Gasteiger partial charge is 0.159 e. The van der Waals surface area contributed by atoms with Crippen molar-refractivity contribution in [2.75, 3.05) is 0 Å². The van der Waals surface area contributed by atoms with Crippen LogP contribution in [0.2, 0.25) is 0 Å². The van der Waals surface area contributed by atoms with E-state index in [1.165, 1.54) is 12.1 Å². The van der Waals surface area contributed by atoms with Crippen LogP contribution in [0.3, 0.4) is 0 Å². The summed E-state index contributed by atoms with van der Waals surface area (Å²) in [6.45, 7) is 2.07. The highest BCUT2D eigenvalue weighted by molar-refractivity contribution is 5.97. The molecule has 2 aromatic carbocycles. The van der Waals surface area contributed by atoms with Gasteiger partial charge in [-0.05, 0) is 54.4 Å². The van der Waals surface area contributed by atoms with E-state index < -0.39 is 0 Å². The van der Waals surface area contributed by atoms with E-state index in [0.29, 0.717) is 28.3 Å². The summed E-state index contributed by atoms with van der Waals surface area (Å²) in [6, 6.07) is 16.4. The number of nitrogens with zero attached hydrogens (tertiary/aromatic N) is 4. The van der Waals surface area contributed by atoms with Crippen molar-refractivity contribution in [1.29, 1.82) is 0 Å². The molecule has 7 heteroatoms. The van der Waals surface area contributed by atoms with Gasteiger partial charge in [0.05, 0.1) is 16.7 Å². The molecule has 0 bridgehead atoms. The Morgan fingerprint density at radius 2 is 1.81 bits per heavy atom. The van der Waals surface area contributed by atoms with Crippen molar-refractivity contribution in [3.8, 4) is 33.9 Å². The molecule has 0 spiro atoms. The van der Waals surface area contributed by atoms with Gasteiger partial charge in [-0.2, -0.15) is 5.10 Å². The number of hydrogen-bond acceptors (Lipinski definition) is 4. The van der Waals surface area contributed by atoms with Gasteiger partial charge in [0.15, 0.2) is 5.82 Å². The minimum absolute atomic E-state index is 0.311. The van der Waals surface area contributed by atoms with E-state index in [1.54, 1.807) is 18.5 Å². The van der Waals surface area contributed by atoms with E-state index >= 15 is 0 Å². The molecule has 0 unspecified atom stereocenters. The third kappa shape index (κ3) is 2.94. The Kier molecular flexibility index (Phi) is 4.07. The van der Waals surface area contributed by atoms with E-state index in [9.17, 15) is 4.39 Å². The van der Waals surface area contributed by atoms with Crippen molar-refractivity contribution >= 4 is 21.9 Å². The maximum Gasteiger partial charge on any atom is 0.159 e. The maximum absolute atomic E-state index is 13.8. The standard InChI is InChI=1S/C25H17FN6/c1-14-7-9-27-13-19(14)15-5-6-20-18(12-15)23(32-31-20)25-29-21-8-10-28-22(24(21)30-25)16-3-2-4-17(26)11-16/h2-13H,1H3,(H,29,30)(H,31,32). The van der Waals surface area contributed by atoms with Crippen LogP contribution in [0.15, 0.2) is 73.2 Å². The molecule has 0 saturated heterocycles. The van der Waals surface area contributed by atoms with Gasteiger partial charge in [-0.15, -0.1) is 0 Å². The zero-order valence-corrected chi connectivity index (χ0v) is 17.1. The highest BCUT2D eigenvalue weighted by Crippen LogP contribution is 2.33. The normalized spacial score (nSPS) is 11.4. The predicted molar refractivity (Wildman–Crippen MR) is 122 cm³/mol. The second-order valence-electron chi connectivity index (χ2n) is 7.67. The van der Waals surface area contributed by atoms with E-state index in [1.807, 2.05) is 30.5 Å². The Morgan fingerprint density at radius 3 is 2.69 bits per heavy atom. The molecule has 0 atom stereocenters. The Bertz CT molecular complexity index is 1610. The quantitative estimate of drug-likeness (QED) is 0.386. The number of fused-ring (bicyclic) bond motifs is 2. The van der Waals surface area contributed by atoms with Gasteiger partial charge in [-0.1, -0.05) is 18.2 Å². The van der Waals surface area contributed by atoms with Crippen molar-refractivity contribution in [3.63, 3.8) is 0 Å². The fourth-order valence-corrected chi connectivity index (χ4v) is 4.02. The average molecular weight is 420 g/mol. The lowest BCUT2D eigenvalue weighted by Crippen LogP contribution is -1.87. The lowest BCUT2D eigenvalue weighted by atomic mass is 10.0. The molecule has 6 nitrogen and oxygen atoms in total. The SMILES string of the molecule is Cc1ccncc1-c1ccc2[nH]nc(-c3nc4c(-c5cccc(F)c5)nccc4[nH]3)c2c1. The number of imidazole rings is 1. The molecule has 0 aliphatic heterocycles. The fourth-order valence-electron chi connectivity index (χ4n) is 4.02. The summed E-state index contributed by atoms with van der Waals surface area (Å²) in [7, 11) is 0. The van der Waals surface area contributed by atoms with E-state index in [-0.39, 0.29) is 5.82 Å². The molecule has 0 fully saturated rings. The van der Waals surface area contributed by atoms with Crippen LogP contribution in [-0.4, -0.2) is 30.1 Å². The number of hydrogen-bond donors (Lipinski definition) is 2. The number of benzene rings is 2. The summed E-state index contributed by atoms with van der Waals surface area (Å²) in [6.07, 6.45) is 5.35. The minimum atomic E-state index is -0.311. The van der Waals surface area contributed by atoms with E-state index in [2.05, 4.69) is 44.2 Å². The number of halogens is 1. The largest absolute Gasteiger partial charge is 0.336 e. The lowest BCUT2D eigenvalue weighted by Gasteiger charge is -2.05. The maximum atomic E-state index is 13.8. The molecule has 4 heterocycles. The molecule has 6 rings (SSSR count). The van der Waals surface area contributed by atoms with E-state index in [4.69, 9.17) is 4.98 Å². The van der Waals surface area contributed by atoms with E-state index in [0.717, 1.165) is 33.1 Å². The molecule has 6 aromatic rings. The molecular formula is C25H17FN6. The molecular weight excluding hydrogens is 403 g/mol. The zero-order chi connectivity index (χ0) is 21.7. The van der Waals surface area contributed by atoms with Crippen LogP contribution in [0.5, 0.6) is 0 Å². The lowest BCUT2D eigenvalue weighted by molar-refractivity contribution is 0.628. The summed E-state index contributed by atoms with van der Waals surface area (Å²) < 4.78 is 13.8. The van der Waals surface area contributed by atoms with Crippen LogP contribution in [-0.2, 0) is 0 Å². The summed E-state index contributed by atoms with van der Waals surface area (Å²) in [5.41, 5.74) is 7.68. The van der Waals surface area contributed by atoms with Gasteiger partial charge in [0.25, 0.3) is 0 Å². The zero-order valence-electron chi connectivity index (χ0n) is 17.1. The summed E-state index contributed by atoms with van der Waals surface area (Å²) in [5.74, 6) is 0.311. The Hall–Kier alpha value is -4.39. The first-order valence-corrected chi connectivity index (χ1v) is 10.2. The van der Waals surface area contributed by atoms with Crippen LogP contribution >= 0.6 is 0 Å². The molecule has 0 saturated carbocycles. The van der Waals surface area contributed by atoms with Crippen LogP contribution in [0.1, 0.15) is 5.56 Å². The van der Waals surface area contributed by atoms with Gasteiger partial charge in [0.1, 0.15) is 17.0 Å². The number of pyridine rings is 2. The molecule has 0 amide bonds.